The van der Waals surface area contributed by atoms with Crippen molar-refractivity contribution in [1.29, 1.82) is 0 Å². The average Bonchev–Trinajstić information content (AvgIpc) is 2.48. The molecule has 0 amide bonds. The molecule has 10 heteroatoms. The highest BCUT2D eigenvalue weighted by Gasteiger charge is 2.47. The minimum absolute atomic E-state index is 0.305. The van der Waals surface area contributed by atoms with Gasteiger partial charge in [0.15, 0.2) is 12.6 Å². The molecule has 124 valence electrons. The third-order valence-corrected chi connectivity index (χ3v) is 3.57. The van der Waals surface area contributed by atoms with Gasteiger partial charge >= 0.3 is 0 Å². The van der Waals surface area contributed by atoms with E-state index in [9.17, 15) is 30.6 Å². The van der Waals surface area contributed by atoms with E-state index in [4.69, 9.17) is 19.3 Å². The second kappa shape index (κ2) is 6.79. The van der Waals surface area contributed by atoms with Gasteiger partial charge in [-0.1, -0.05) is 0 Å². The average molecular weight is 312 g/mol. The minimum atomic E-state index is -1.65. The van der Waals surface area contributed by atoms with Crippen molar-refractivity contribution in [1.82, 2.24) is 0 Å². The van der Waals surface area contributed by atoms with Crippen LogP contribution in [0.3, 0.4) is 0 Å². The fraction of sp³-hybridized carbons (Fsp3) is 1.00. The van der Waals surface area contributed by atoms with E-state index in [0.717, 1.165) is 0 Å². The quantitative estimate of drug-likeness (QED) is 0.268. The van der Waals surface area contributed by atoms with Crippen LogP contribution >= 0.6 is 0 Å². The summed E-state index contributed by atoms with van der Waals surface area (Å²) in [6, 6.07) is 0. The van der Waals surface area contributed by atoms with E-state index in [0.29, 0.717) is 0 Å². The van der Waals surface area contributed by atoms with Gasteiger partial charge in [0.25, 0.3) is 0 Å². The predicted molar refractivity (Wildman–Crippen MR) is 62.6 cm³/mol. The first-order chi connectivity index (χ1) is 9.86. The molecule has 0 radical (unpaired) electrons. The first kappa shape index (κ1) is 17.0. The summed E-state index contributed by atoms with van der Waals surface area (Å²) in [5, 5.41) is 66.5. The van der Waals surface area contributed by atoms with Gasteiger partial charge in [-0.05, 0) is 0 Å². The second-order valence-corrected chi connectivity index (χ2v) is 5.08. The normalized spacial score (nSPS) is 51.9. The molecule has 2 rings (SSSR count). The van der Waals surface area contributed by atoms with E-state index in [1.54, 1.807) is 0 Å². The van der Waals surface area contributed by atoms with Crippen molar-refractivity contribution in [2.24, 2.45) is 0 Å². The highest BCUT2D eigenvalue weighted by Crippen LogP contribution is 2.25. The van der Waals surface area contributed by atoms with Gasteiger partial charge < -0.3 is 50.0 Å². The molecule has 0 aliphatic carbocycles. The topological polar surface area (TPSA) is 169 Å². The van der Waals surface area contributed by atoms with E-state index in [-0.39, 0.29) is 6.61 Å². The van der Waals surface area contributed by atoms with Gasteiger partial charge in [0.05, 0.1) is 13.2 Å². The van der Waals surface area contributed by atoms with E-state index in [1.807, 2.05) is 0 Å². The van der Waals surface area contributed by atoms with Gasteiger partial charge in [0.1, 0.15) is 42.7 Å². The number of hydrogen-bond donors (Lipinski definition) is 7. The maximum absolute atomic E-state index is 9.77. The molecule has 9 atom stereocenters. The standard InChI is InChI=1S/C11H20O10/c12-1-4-6(15)7(16)9(18)11(20-4)21-10-8(17)5(14)3(13)2-19-10/h3-18H,1-2H2/t3-,4-,5+,6-,7+,8-,9-,10?,11?/m1/s1. The van der Waals surface area contributed by atoms with Crippen LogP contribution in [0.2, 0.25) is 0 Å². The number of ether oxygens (including phenoxy) is 3. The van der Waals surface area contributed by atoms with Gasteiger partial charge in [0, 0.05) is 0 Å². The lowest BCUT2D eigenvalue weighted by atomic mass is 9.99. The molecule has 21 heavy (non-hydrogen) atoms. The smallest absolute Gasteiger partial charge is 0.189 e. The van der Waals surface area contributed by atoms with E-state index in [2.05, 4.69) is 0 Å². The fourth-order valence-corrected chi connectivity index (χ4v) is 2.21. The first-order valence-electron chi connectivity index (χ1n) is 6.48. The summed E-state index contributed by atoms with van der Waals surface area (Å²) in [7, 11) is 0. The van der Waals surface area contributed by atoms with E-state index in [1.165, 1.54) is 0 Å². The zero-order valence-electron chi connectivity index (χ0n) is 11.0. The molecule has 0 bridgehead atoms. The molecule has 2 heterocycles. The van der Waals surface area contributed by atoms with Gasteiger partial charge in [0.2, 0.25) is 0 Å². The predicted octanol–water partition coefficient (Wildman–Crippen LogP) is -4.76. The molecular weight excluding hydrogens is 292 g/mol. The highest BCUT2D eigenvalue weighted by molar-refractivity contribution is 4.90. The van der Waals surface area contributed by atoms with Crippen LogP contribution in [0.4, 0.5) is 0 Å². The van der Waals surface area contributed by atoms with Crippen LogP contribution in [0, 0.1) is 0 Å². The Labute approximate surface area is 119 Å². The number of rotatable bonds is 3. The number of aliphatic hydroxyl groups is 7. The molecule has 2 aliphatic rings. The van der Waals surface area contributed by atoms with Gasteiger partial charge in [-0.2, -0.15) is 0 Å². The lowest BCUT2D eigenvalue weighted by molar-refractivity contribution is -0.365. The molecule has 0 spiro atoms. The van der Waals surface area contributed by atoms with Crippen LogP contribution in [0.5, 0.6) is 0 Å². The zero-order chi connectivity index (χ0) is 15.7. The summed E-state index contributed by atoms with van der Waals surface area (Å²) in [4.78, 5) is 0. The second-order valence-electron chi connectivity index (χ2n) is 5.08. The van der Waals surface area contributed by atoms with Crippen molar-refractivity contribution >= 4 is 0 Å². The van der Waals surface area contributed by atoms with Crippen LogP contribution in [-0.4, -0.2) is 104 Å². The maximum atomic E-state index is 9.77. The lowest BCUT2D eigenvalue weighted by Crippen LogP contribution is -2.62. The zero-order valence-corrected chi connectivity index (χ0v) is 11.0. The van der Waals surface area contributed by atoms with Crippen LogP contribution in [0.25, 0.3) is 0 Å². The van der Waals surface area contributed by atoms with Crippen molar-refractivity contribution in [2.45, 2.75) is 55.3 Å². The molecule has 2 unspecified atom stereocenters. The first-order valence-corrected chi connectivity index (χ1v) is 6.48. The molecule has 0 aromatic heterocycles. The van der Waals surface area contributed by atoms with E-state index < -0.39 is 61.9 Å². The van der Waals surface area contributed by atoms with Gasteiger partial charge in [-0.15, -0.1) is 0 Å². The third kappa shape index (κ3) is 3.35. The third-order valence-electron chi connectivity index (χ3n) is 3.57. The molecule has 0 saturated carbocycles. The minimum Gasteiger partial charge on any atom is -0.394 e. The van der Waals surface area contributed by atoms with Crippen molar-refractivity contribution in [3.8, 4) is 0 Å². The van der Waals surface area contributed by atoms with Crippen molar-refractivity contribution in [3.63, 3.8) is 0 Å². The Balaban J connectivity index is 2.01. The summed E-state index contributed by atoms with van der Waals surface area (Å²) < 4.78 is 15.2. The molecule has 10 nitrogen and oxygen atoms in total. The van der Waals surface area contributed by atoms with Gasteiger partial charge in [-0.3, -0.25) is 0 Å². The Morgan fingerprint density at radius 2 is 1.43 bits per heavy atom. The fourth-order valence-electron chi connectivity index (χ4n) is 2.21. The summed E-state index contributed by atoms with van der Waals surface area (Å²) in [5.41, 5.74) is 0. The molecule has 2 aliphatic heterocycles. The van der Waals surface area contributed by atoms with Crippen LogP contribution in [-0.2, 0) is 14.2 Å². The van der Waals surface area contributed by atoms with Crippen LogP contribution in [0.1, 0.15) is 0 Å². The summed E-state index contributed by atoms with van der Waals surface area (Å²) in [5.74, 6) is 0. The Kier molecular flexibility index (Phi) is 5.48. The van der Waals surface area contributed by atoms with E-state index >= 15 is 0 Å². The molecule has 2 saturated heterocycles. The van der Waals surface area contributed by atoms with Crippen LogP contribution < -0.4 is 0 Å². The maximum Gasteiger partial charge on any atom is 0.189 e. The Bertz CT molecular complexity index is 339. The highest BCUT2D eigenvalue weighted by atomic mass is 16.8. The Morgan fingerprint density at radius 1 is 0.810 bits per heavy atom. The van der Waals surface area contributed by atoms with Crippen molar-refractivity contribution in [3.05, 3.63) is 0 Å². The molecular formula is C11H20O10. The lowest BCUT2D eigenvalue weighted by Gasteiger charge is -2.42. The molecule has 0 aromatic rings. The SMILES string of the molecule is OC[C@H]1OC(OC2OC[C@@H](O)[C@H](O)[C@H]2O)[C@H](O)[C@@H](O)[C@@H]1O. The summed E-state index contributed by atoms with van der Waals surface area (Å²) in [6.07, 6.45) is -13.3. The van der Waals surface area contributed by atoms with Gasteiger partial charge in [-0.25, -0.2) is 0 Å². The monoisotopic (exact) mass is 312 g/mol. The largest absolute Gasteiger partial charge is 0.394 e. The number of aliphatic hydroxyl groups excluding tert-OH is 7. The molecule has 7 N–H and O–H groups in total. The van der Waals surface area contributed by atoms with Crippen molar-refractivity contribution in [2.75, 3.05) is 13.2 Å². The van der Waals surface area contributed by atoms with Crippen LogP contribution in [0.15, 0.2) is 0 Å². The summed E-state index contributed by atoms with van der Waals surface area (Å²) in [6.45, 7) is -0.930. The molecule has 2 fully saturated rings. The Morgan fingerprint density at radius 3 is 2.05 bits per heavy atom. The van der Waals surface area contributed by atoms with Crippen molar-refractivity contribution < 1.29 is 50.0 Å². The molecule has 0 aromatic carbocycles. The Hall–Kier alpha value is -0.400. The number of hydrogen-bond acceptors (Lipinski definition) is 10. The summed E-state index contributed by atoms with van der Waals surface area (Å²) >= 11 is 0.